The van der Waals surface area contributed by atoms with E-state index in [1.165, 1.54) is 0 Å². The number of alkyl carbamates (subject to hydrolysis) is 1. The lowest BCUT2D eigenvalue weighted by Gasteiger charge is -2.23. The van der Waals surface area contributed by atoms with Crippen molar-refractivity contribution in [2.45, 2.75) is 45.8 Å². The predicted octanol–water partition coefficient (Wildman–Crippen LogP) is 2.69. The molecule has 0 aliphatic heterocycles. The van der Waals surface area contributed by atoms with Crippen LogP contribution >= 0.6 is 0 Å². The highest BCUT2D eigenvalue weighted by Crippen LogP contribution is 2.09. The Kier molecular flexibility index (Phi) is 6.21. The van der Waals surface area contributed by atoms with Gasteiger partial charge in [-0.05, 0) is 33.3 Å². The normalized spacial score (nSPS) is 12.4. The SMILES string of the molecule is CCOC(=O)C(Cc1ccccc1)NC(=O)OC(C)(C)C. The molecule has 0 spiro atoms. The van der Waals surface area contributed by atoms with Gasteiger partial charge in [-0.15, -0.1) is 0 Å². The number of hydrogen-bond donors (Lipinski definition) is 1. The molecule has 5 nitrogen and oxygen atoms in total. The largest absolute Gasteiger partial charge is 0.464 e. The summed E-state index contributed by atoms with van der Waals surface area (Å²) in [6, 6.07) is 8.67. The summed E-state index contributed by atoms with van der Waals surface area (Å²) in [5.74, 6) is -0.466. The Hall–Kier alpha value is -2.04. The van der Waals surface area contributed by atoms with E-state index in [0.29, 0.717) is 6.42 Å². The molecule has 1 unspecified atom stereocenters. The Morgan fingerprint density at radius 2 is 1.81 bits per heavy atom. The summed E-state index contributed by atoms with van der Waals surface area (Å²) >= 11 is 0. The van der Waals surface area contributed by atoms with E-state index in [2.05, 4.69) is 5.32 Å². The van der Waals surface area contributed by atoms with E-state index in [4.69, 9.17) is 9.47 Å². The molecule has 1 amide bonds. The maximum Gasteiger partial charge on any atom is 0.408 e. The summed E-state index contributed by atoms with van der Waals surface area (Å²) in [5, 5.41) is 2.57. The van der Waals surface area contributed by atoms with Crippen LogP contribution in [0.4, 0.5) is 4.79 Å². The van der Waals surface area contributed by atoms with Crippen molar-refractivity contribution in [2.24, 2.45) is 0 Å². The lowest BCUT2D eigenvalue weighted by molar-refractivity contribution is -0.145. The molecule has 1 aromatic rings. The molecule has 1 atom stereocenters. The lowest BCUT2D eigenvalue weighted by Crippen LogP contribution is -2.45. The molecule has 0 aliphatic rings. The highest BCUT2D eigenvalue weighted by atomic mass is 16.6. The molecule has 1 aromatic carbocycles. The number of carbonyl (C=O) groups is 2. The fraction of sp³-hybridized carbons (Fsp3) is 0.500. The van der Waals surface area contributed by atoms with Crippen molar-refractivity contribution in [2.75, 3.05) is 6.61 Å². The number of amides is 1. The van der Waals surface area contributed by atoms with Gasteiger partial charge in [-0.1, -0.05) is 30.3 Å². The summed E-state index contributed by atoms with van der Waals surface area (Å²) in [6.07, 6.45) is -0.268. The second-order valence-corrected chi connectivity index (χ2v) is 5.64. The zero-order chi connectivity index (χ0) is 15.9. The number of ether oxygens (including phenoxy) is 2. The smallest absolute Gasteiger partial charge is 0.408 e. The van der Waals surface area contributed by atoms with E-state index in [0.717, 1.165) is 5.56 Å². The van der Waals surface area contributed by atoms with Crippen molar-refractivity contribution >= 4 is 12.1 Å². The minimum absolute atomic E-state index is 0.264. The first kappa shape index (κ1) is 17.0. The number of carbonyl (C=O) groups excluding carboxylic acids is 2. The highest BCUT2D eigenvalue weighted by molar-refractivity contribution is 5.81. The van der Waals surface area contributed by atoms with Gasteiger partial charge in [0.25, 0.3) is 0 Å². The molecule has 0 aliphatic carbocycles. The van der Waals surface area contributed by atoms with Gasteiger partial charge in [0.2, 0.25) is 0 Å². The molecule has 1 rings (SSSR count). The third-order valence-electron chi connectivity index (χ3n) is 2.54. The summed E-state index contributed by atoms with van der Waals surface area (Å²) in [6.45, 7) is 7.29. The van der Waals surface area contributed by atoms with Gasteiger partial charge in [0.15, 0.2) is 0 Å². The molecule has 5 heteroatoms. The van der Waals surface area contributed by atoms with E-state index >= 15 is 0 Å². The van der Waals surface area contributed by atoms with Crippen molar-refractivity contribution in [3.8, 4) is 0 Å². The van der Waals surface area contributed by atoms with Crippen molar-refractivity contribution in [3.63, 3.8) is 0 Å². The number of esters is 1. The first-order chi connectivity index (χ1) is 9.81. The van der Waals surface area contributed by atoms with E-state index < -0.39 is 23.7 Å². The van der Waals surface area contributed by atoms with Crippen molar-refractivity contribution in [1.29, 1.82) is 0 Å². The molecule has 0 fully saturated rings. The molecule has 1 N–H and O–H groups in total. The summed E-state index contributed by atoms with van der Waals surface area (Å²) in [5.41, 5.74) is 0.322. The molecule has 0 bridgehead atoms. The molecule has 0 heterocycles. The monoisotopic (exact) mass is 293 g/mol. The second kappa shape index (κ2) is 7.67. The minimum atomic E-state index is -0.762. The van der Waals surface area contributed by atoms with Crippen LogP contribution in [0.15, 0.2) is 30.3 Å². The molecular formula is C16H23NO4. The van der Waals surface area contributed by atoms with Gasteiger partial charge < -0.3 is 14.8 Å². The Labute approximate surface area is 125 Å². The van der Waals surface area contributed by atoms with Crippen molar-refractivity contribution < 1.29 is 19.1 Å². The van der Waals surface area contributed by atoms with Gasteiger partial charge in [0.1, 0.15) is 11.6 Å². The zero-order valence-electron chi connectivity index (χ0n) is 13.0. The molecule has 0 saturated carbocycles. The van der Waals surface area contributed by atoms with Crippen LogP contribution in [-0.2, 0) is 20.7 Å². The molecule has 116 valence electrons. The van der Waals surface area contributed by atoms with Crippen LogP contribution in [0.1, 0.15) is 33.3 Å². The van der Waals surface area contributed by atoms with Crippen LogP contribution in [0.5, 0.6) is 0 Å². The third-order valence-corrected chi connectivity index (χ3v) is 2.54. The van der Waals surface area contributed by atoms with Crippen LogP contribution < -0.4 is 5.32 Å². The molecular weight excluding hydrogens is 270 g/mol. The Morgan fingerprint density at radius 3 is 2.33 bits per heavy atom. The molecule has 0 aromatic heterocycles. The van der Waals surface area contributed by atoms with Gasteiger partial charge in [-0.2, -0.15) is 0 Å². The maximum atomic E-state index is 12.0. The van der Waals surface area contributed by atoms with E-state index in [1.54, 1.807) is 27.7 Å². The fourth-order valence-corrected chi connectivity index (χ4v) is 1.74. The number of benzene rings is 1. The lowest BCUT2D eigenvalue weighted by atomic mass is 10.1. The third kappa shape index (κ3) is 6.79. The minimum Gasteiger partial charge on any atom is -0.464 e. The van der Waals surface area contributed by atoms with Crippen molar-refractivity contribution in [1.82, 2.24) is 5.32 Å². The topological polar surface area (TPSA) is 64.6 Å². The Bertz CT molecular complexity index is 465. The number of nitrogens with one attached hydrogen (secondary N) is 1. The van der Waals surface area contributed by atoms with Crippen LogP contribution in [0.3, 0.4) is 0 Å². The average Bonchev–Trinajstić information content (AvgIpc) is 2.37. The van der Waals surface area contributed by atoms with Crippen LogP contribution in [0.2, 0.25) is 0 Å². The van der Waals surface area contributed by atoms with Gasteiger partial charge in [0.05, 0.1) is 6.61 Å². The van der Waals surface area contributed by atoms with Crippen molar-refractivity contribution in [3.05, 3.63) is 35.9 Å². The summed E-state index contributed by atoms with van der Waals surface area (Å²) < 4.78 is 10.2. The summed E-state index contributed by atoms with van der Waals surface area (Å²) in [4.78, 5) is 23.8. The maximum absolute atomic E-state index is 12.0. The fourth-order valence-electron chi connectivity index (χ4n) is 1.74. The van der Waals surface area contributed by atoms with E-state index in [-0.39, 0.29) is 6.61 Å². The van der Waals surface area contributed by atoms with Crippen LogP contribution in [-0.4, -0.2) is 30.3 Å². The number of hydrogen-bond acceptors (Lipinski definition) is 4. The van der Waals surface area contributed by atoms with Gasteiger partial charge >= 0.3 is 12.1 Å². The average molecular weight is 293 g/mol. The first-order valence-electron chi connectivity index (χ1n) is 7.02. The van der Waals surface area contributed by atoms with Crippen LogP contribution in [0, 0.1) is 0 Å². The van der Waals surface area contributed by atoms with Gasteiger partial charge in [0, 0.05) is 6.42 Å². The second-order valence-electron chi connectivity index (χ2n) is 5.64. The molecule has 21 heavy (non-hydrogen) atoms. The van der Waals surface area contributed by atoms with Crippen LogP contribution in [0.25, 0.3) is 0 Å². The quantitative estimate of drug-likeness (QED) is 0.848. The standard InChI is InChI=1S/C16H23NO4/c1-5-20-14(18)13(11-12-9-7-6-8-10-12)17-15(19)21-16(2,3)4/h6-10,13H,5,11H2,1-4H3,(H,17,19). The molecule has 0 radical (unpaired) electrons. The van der Waals surface area contributed by atoms with Gasteiger partial charge in [-0.25, -0.2) is 9.59 Å². The zero-order valence-corrected chi connectivity index (χ0v) is 13.0. The van der Waals surface area contributed by atoms with E-state index in [1.807, 2.05) is 30.3 Å². The molecule has 0 saturated heterocycles. The summed E-state index contributed by atoms with van der Waals surface area (Å²) in [7, 11) is 0. The highest BCUT2D eigenvalue weighted by Gasteiger charge is 2.25. The first-order valence-corrected chi connectivity index (χ1v) is 7.02. The number of rotatable bonds is 5. The predicted molar refractivity (Wildman–Crippen MR) is 79.9 cm³/mol. The Morgan fingerprint density at radius 1 is 1.19 bits per heavy atom. The van der Waals surface area contributed by atoms with Gasteiger partial charge in [-0.3, -0.25) is 0 Å². The Balaban J connectivity index is 2.73. The van der Waals surface area contributed by atoms with E-state index in [9.17, 15) is 9.59 Å².